The molecular weight excluding hydrogens is 439 g/mol. The summed E-state index contributed by atoms with van der Waals surface area (Å²) in [6, 6.07) is 4.89. The maximum Gasteiger partial charge on any atom is 0.287 e. The smallest absolute Gasteiger partial charge is 0.287 e. The maximum absolute atomic E-state index is 13.3. The number of halogens is 2. The summed E-state index contributed by atoms with van der Waals surface area (Å²) in [4.78, 5) is 13.9. The van der Waals surface area contributed by atoms with E-state index in [0.717, 1.165) is 69.0 Å². The molecule has 1 N–H and O–H groups in total. The Hall–Kier alpha value is -1.61. The van der Waals surface area contributed by atoms with Crippen molar-refractivity contribution in [3.8, 4) is 0 Å². The van der Waals surface area contributed by atoms with Crippen molar-refractivity contribution in [1.29, 1.82) is 0 Å². The molecule has 6 nitrogen and oxygen atoms in total. The van der Waals surface area contributed by atoms with Crippen molar-refractivity contribution >= 4 is 29.2 Å². The Balaban J connectivity index is 1.34. The lowest BCUT2D eigenvalue weighted by Gasteiger charge is -2.31. The molecule has 168 valence electrons. The third-order valence-corrected chi connectivity index (χ3v) is 7.56. The maximum atomic E-state index is 13.3. The highest BCUT2D eigenvalue weighted by Crippen LogP contribution is 2.32. The Morgan fingerprint density at radius 3 is 2.84 bits per heavy atom. The van der Waals surface area contributed by atoms with Gasteiger partial charge in [-0.25, -0.2) is 13.4 Å². The van der Waals surface area contributed by atoms with Gasteiger partial charge in [0.25, 0.3) is 5.56 Å². The first kappa shape index (κ1) is 22.6. The SMILES string of the molecule is Cc1cc(F)ccc1SN1CCC(n2ncc(NC[C@@H]3CCCOC3)c(Cl)c2=O)CC1. The van der Waals surface area contributed by atoms with Crippen LogP contribution < -0.4 is 10.9 Å². The normalized spacial score (nSPS) is 20.7. The Kier molecular flexibility index (Phi) is 7.53. The largest absolute Gasteiger partial charge is 0.382 e. The molecule has 2 aliphatic rings. The Morgan fingerprint density at radius 2 is 2.13 bits per heavy atom. The van der Waals surface area contributed by atoms with Gasteiger partial charge in [-0.1, -0.05) is 11.6 Å². The van der Waals surface area contributed by atoms with Crippen LogP contribution in [0.5, 0.6) is 0 Å². The van der Waals surface area contributed by atoms with Gasteiger partial charge in [0.05, 0.1) is 24.5 Å². The van der Waals surface area contributed by atoms with Crippen LogP contribution in [0.25, 0.3) is 0 Å². The van der Waals surface area contributed by atoms with E-state index in [1.54, 1.807) is 24.2 Å². The van der Waals surface area contributed by atoms with E-state index >= 15 is 0 Å². The minimum absolute atomic E-state index is 0.0250. The standard InChI is InChI=1S/C22H28ClFN4O2S/c1-15-11-17(24)4-5-20(15)31-27-8-6-18(7-9-27)28-22(29)21(23)19(13-26-28)25-12-16-3-2-10-30-14-16/h4-5,11,13,16,18,25H,2-3,6-10,12,14H2,1H3/t16-/m0/s1. The quantitative estimate of drug-likeness (QED) is 0.631. The molecule has 3 heterocycles. The van der Waals surface area contributed by atoms with Gasteiger partial charge in [-0.2, -0.15) is 5.10 Å². The van der Waals surface area contributed by atoms with Crippen molar-refractivity contribution in [2.45, 2.75) is 43.5 Å². The molecular formula is C22H28ClFN4O2S. The average molecular weight is 467 g/mol. The van der Waals surface area contributed by atoms with Gasteiger partial charge in [-0.05, 0) is 74.2 Å². The van der Waals surface area contributed by atoms with Crippen LogP contribution >= 0.6 is 23.5 Å². The lowest BCUT2D eigenvalue weighted by Crippen LogP contribution is -2.36. The van der Waals surface area contributed by atoms with Gasteiger partial charge < -0.3 is 10.1 Å². The van der Waals surface area contributed by atoms with Crippen LogP contribution in [-0.4, -0.2) is 46.9 Å². The molecule has 0 amide bonds. The highest BCUT2D eigenvalue weighted by atomic mass is 35.5. The molecule has 0 radical (unpaired) electrons. The second-order valence-corrected chi connectivity index (χ2v) is 9.76. The lowest BCUT2D eigenvalue weighted by molar-refractivity contribution is 0.0595. The Labute approximate surface area is 191 Å². The number of rotatable bonds is 6. The van der Waals surface area contributed by atoms with Crippen molar-refractivity contribution in [3.63, 3.8) is 0 Å². The zero-order chi connectivity index (χ0) is 21.8. The predicted molar refractivity (Wildman–Crippen MR) is 122 cm³/mol. The number of hydrogen-bond donors (Lipinski definition) is 1. The number of aromatic nitrogens is 2. The van der Waals surface area contributed by atoms with Crippen LogP contribution in [0.3, 0.4) is 0 Å². The van der Waals surface area contributed by atoms with Crippen molar-refractivity contribution in [1.82, 2.24) is 14.1 Å². The summed E-state index contributed by atoms with van der Waals surface area (Å²) in [5.41, 5.74) is 1.28. The zero-order valence-electron chi connectivity index (χ0n) is 17.7. The second-order valence-electron chi connectivity index (χ2n) is 8.25. The number of nitrogens with zero attached hydrogens (tertiary/aromatic N) is 3. The van der Waals surface area contributed by atoms with E-state index in [0.29, 0.717) is 11.6 Å². The molecule has 2 aliphatic heterocycles. The molecule has 9 heteroatoms. The summed E-state index contributed by atoms with van der Waals surface area (Å²) >= 11 is 8.03. The second kappa shape index (κ2) is 10.3. The number of ether oxygens (including phenoxy) is 1. The highest BCUT2D eigenvalue weighted by molar-refractivity contribution is 7.97. The van der Waals surface area contributed by atoms with E-state index in [-0.39, 0.29) is 22.4 Å². The number of piperidine rings is 1. The van der Waals surface area contributed by atoms with Gasteiger partial charge in [0.1, 0.15) is 10.8 Å². The van der Waals surface area contributed by atoms with Gasteiger partial charge >= 0.3 is 0 Å². The molecule has 0 saturated carbocycles. The van der Waals surface area contributed by atoms with Crippen LogP contribution in [0.4, 0.5) is 10.1 Å². The molecule has 1 aromatic carbocycles. The zero-order valence-corrected chi connectivity index (χ0v) is 19.2. The van der Waals surface area contributed by atoms with Gasteiger partial charge in [0.2, 0.25) is 0 Å². The molecule has 0 aliphatic carbocycles. The van der Waals surface area contributed by atoms with Crippen molar-refractivity contribution in [2.24, 2.45) is 5.92 Å². The van der Waals surface area contributed by atoms with Crippen LogP contribution in [0, 0.1) is 18.7 Å². The number of nitrogens with one attached hydrogen (secondary N) is 1. The van der Waals surface area contributed by atoms with Crippen LogP contribution in [0.15, 0.2) is 34.1 Å². The van der Waals surface area contributed by atoms with Gasteiger partial charge in [0, 0.05) is 31.1 Å². The number of aryl methyl sites for hydroxylation is 1. The van der Waals surface area contributed by atoms with Crippen LogP contribution in [-0.2, 0) is 4.74 Å². The fourth-order valence-electron chi connectivity index (χ4n) is 4.08. The number of anilines is 1. The van der Waals surface area contributed by atoms with E-state index in [1.807, 2.05) is 13.0 Å². The summed E-state index contributed by atoms with van der Waals surface area (Å²) in [5, 5.41) is 7.89. The molecule has 1 aromatic heterocycles. The Morgan fingerprint density at radius 1 is 1.32 bits per heavy atom. The first-order valence-electron chi connectivity index (χ1n) is 10.8. The molecule has 2 aromatic rings. The summed E-state index contributed by atoms with van der Waals surface area (Å²) < 4.78 is 22.6. The van der Waals surface area contributed by atoms with E-state index in [1.165, 1.54) is 10.7 Å². The fraction of sp³-hybridized carbons (Fsp3) is 0.545. The summed E-state index contributed by atoms with van der Waals surface area (Å²) in [6.45, 7) is 5.85. The minimum atomic E-state index is -0.243. The molecule has 0 bridgehead atoms. The summed E-state index contributed by atoms with van der Waals surface area (Å²) in [5.74, 6) is 0.215. The topological polar surface area (TPSA) is 59.4 Å². The molecule has 2 saturated heterocycles. The first-order valence-corrected chi connectivity index (χ1v) is 11.9. The molecule has 2 fully saturated rings. The number of benzene rings is 1. The van der Waals surface area contributed by atoms with Crippen molar-refractivity contribution < 1.29 is 9.13 Å². The highest BCUT2D eigenvalue weighted by Gasteiger charge is 2.25. The Bertz CT molecular complexity index is 959. The fourth-order valence-corrected chi connectivity index (χ4v) is 5.29. The average Bonchev–Trinajstić information content (AvgIpc) is 2.78. The lowest BCUT2D eigenvalue weighted by atomic mass is 10.0. The molecule has 1 atom stereocenters. The van der Waals surface area contributed by atoms with Crippen LogP contribution in [0.2, 0.25) is 5.02 Å². The van der Waals surface area contributed by atoms with Gasteiger partial charge in [0.15, 0.2) is 0 Å². The molecule has 4 rings (SSSR count). The number of hydrogen-bond acceptors (Lipinski definition) is 6. The predicted octanol–water partition coefficient (Wildman–Crippen LogP) is 4.53. The third kappa shape index (κ3) is 5.61. The van der Waals surface area contributed by atoms with Crippen LogP contribution in [0.1, 0.15) is 37.3 Å². The monoisotopic (exact) mass is 466 g/mol. The van der Waals surface area contributed by atoms with E-state index in [4.69, 9.17) is 16.3 Å². The molecule has 0 unspecified atom stereocenters. The summed E-state index contributed by atoms with van der Waals surface area (Å²) in [7, 11) is 0. The summed E-state index contributed by atoms with van der Waals surface area (Å²) in [6.07, 6.45) is 5.46. The van der Waals surface area contributed by atoms with Crippen molar-refractivity contribution in [2.75, 3.05) is 38.2 Å². The molecule has 0 spiro atoms. The van der Waals surface area contributed by atoms with Gasteiger partial charge in [-0.15, -0.1) is 0 Å². The van der Waals surface area contributed by atoms with Crippen molar-refractivity contribution in [3.05, 3.63) is 51.2 Å². The van der Waals surface area contributed by atoms with E-state index in [2.05, 4.69) is 14.7 Å². The van der Waals surface area contributed by atoms with E-state index in [9.17, 15) is 9.18 Å². The minimum Gasteiger partial charge on any atom is -0.382 e. The van der Waals surface area contributed by atoms with E-state index < -0.39 is 0 Å². The van der Waals surface area contributed by atoms with Gasteiger partial charge in [-0.3, -0.25) is 4.79 Å². The first-order chi connectivity index (χ1) is 15.0. The molecule has 31 heavy (non-hydrogen) atoms. The third-order valence-electron chi connectivity index (χ3n) is 5.91.